The maximum absolute atomic E-state index is 13.0. The van der Waals surface area contributed by atoms with Crippen molar-refractivity contribution in [2.24, 2.45) is 0 Å². The summed E-state index contributed by atoms with van der Waals surface area (Å²) >= 11 is 1.46. The van der Waals surface area contributed by atoms with Gasteiger partial charge in [0.2, 0.25) is 5.91 Å². The minimum Gasteiger partial charge on any atom is -0.459 e. The second-order valence-electron chi connectivity index (χ2n) is 5.96. The predicted octanol–water partition coefficient (Wildman–Crippen LogP) is 4.61. The molecular weight excluding hydrogens is 339 g/mol. The summed E-state index contributed by atoms with van der Waals surface area (Å²) in [6, 6.07) is 9.83. The molecular formula is C19H19FN2O2S. The number of aromatic nitrogens is 1. The van der Waals surface area contributed by atoms with Crippen LogP contribution in [0.1, 0.15) is 30.0 Å². The van der Waals surface area contributed by atoms with E-state index in [4.69, 9.17) is 4.42 Å². The largest absolute Gasteiger partial charge is 0.459 e. The number of carbonyl (C=O) groups excluding carboxylic acids is 1. The van der Waals surface area contributed by atoms with Crippen molar-refractivity contribution in [1.82, 2.24) is 9.88 Å². The van der Waals surface area contributed by atoms with Gasteiger partial charge in [-0.25, -0.2) is 9.37 Å². The third kappa shape index (κ3) is 3.96. The van der Waals surface area contributed by atoms with Crippen LogP contribution in [0, 0.1) is 12.7 Å². The molecule has 6 heteroatoms. The lowest BCUT2D eigenvalue weighted by Gasteiger charge is -2.25. The van der Waals surface area contributed by atoms with Gasteiger partial charge in [-0.3, -0.25) is 4.79 Å². The minimum atomic E-state index is -0.284. The van der Waals surface area contributed by atoms with Gasteiger partial charge < -0.3 is 9.32 Å². The highest BCUT2D eigenvalue weighted by Crippen LogP contribution is 2.26. The van der Waals surface area contributed by atoms with Crippen LogP contribution in [-0.4, -0.2) is 22.8 Å². The molecule has 0 fully saturated rings. The first-order chi connectivity index (χ1) is 11.9. The topological polar surface area (TPSA) is 46.3 Å². The van der Waals surface area contributed by atoms with Gasteiger partial charge in [0, 0.05) is 12.4 Å². The molecule has 0 saturated carbocycles. The van der Waals surface area contributed by atoms with Gasteiger partial charge in [0.15, 0.2) is 10.8 Å². The van der Waals surface area contributed by atoms with Gasteiger partial charge in [-0.05, 0) is 43.7 Å². The zero-order valence-corrected chi connectivity index (χ0v) is 15.1. The lowest BCUT2D eigenvalue weighted by atomic mass is 10.1. The number of hydrogen-bond acceptors (Lipinski definition) is 4. The number of aryl methyl sites for hydroxylation is 1. The molecule has 0 bridgehead atoms. The lowest BCUT2D eigenvalue weighted by molar-refractivity contribution is -0.131. The number of benzene rings is 1. The van der Waals surface area contributed by atoms with Gasteiger partial charge in [0.05, 0.1) is 18.2 Å². The molecule has 0 radical (unpaired) electrons. The highest BCUT2D eigenvalue weighted by Gasteiger charge is 2.19. The number of nitrogens with zero attached hydrogens (tertiary/aromatic N) is 2. The Kier molecular flexibility index (Phi) is 4.99. The highest BCUT2D eigenvalue weighted by atomic mass is 32.1. The molecule has 0 aliphatic heterocycles. The fraction of sp³-hybridized carbons (Fsp3) is 0.263. The third-order valence-electron chi connectivity index (χ3n) is 4.16. The molecule has 0 aliphatic carbocycles. The maximum Gasteiger partial charge on any atom is 0.228 e. The molecule has 130 valence electrons. The van der Waals surface area contributed by atoms with E-state index in [9.17, 15) is 9.18 Å². The number of halogens is 1. The molecule has 2 heterocycles. The van der Waals surface area contributed by atoms with Crippen LogP contribution < -0.4 is 0 Å². The molecule has 4 nitrogen and oxygen atoms in total. The van der Waals surface area contributed by atoms with Gasteiger partial charge >= 0.3 is 0 Å². The average molecular weight is 358 g/mol. The Hall–Kier alpha value is -2.47. The van der Waals surface area contributed by atoms with Crippen LogP contribution >= 0.6 is 11.3 Å². The third-order valence-corrected chi connectivity index (χ3v) is 5.07. The fourth-order valence-electron chi connectivity index (χ4n) is 2.51. The van der Waals surface area contributed by atoms with Crippen LogP contribution in [0.4, 0.5) is 4.39 Å². The Morgan fingerprint density at radius 1 is 1.28 bits per heavy atom. The number of likely N-dealkylation sites (N-methyl/N-ethyl adjacent to an activating group) is 1. The lowest BCUT2D eigenvalue weighted by Crippen LogP contribution is -2.31. The van der Waals surface area contributed by atoms with Crippen LogP contribution in [0.3, 0.4) is 0 Å². The summed E-state index contributed by atoms with van der Waals surface area (Å²) in [6.45, 7) is 3.80. The quantitative estimate of drug-likeness (QED) is 0.669. The number of carbonyl (C=O) groups is 1. The highest BCUT2D eigenvalue weighted by molar-refractivity contribution is 7.13. The number of furan rings is 1. The monoisotopic (exact) mass is 358 g/mol. The molecule has 25 heavy (non-hydrogen) atoms. The van der Waals surface area contributed by atoms with Crippen LogP contribution in [0.15, 0.2) is 46.2 Å². The fourth-order valence-corrected chi connectivity index (χ4v) is 3.29. The Balaban J connectivity index is 1.67. The van der Waals surface area contributed by atoms with Crippen LogP contribution in [0.5, 0.6) is 0 Å². The van der Waals surface area contributed by atoms with Crippen molar-refractivity contribution in [3.63, 3.8) is 0 Å². The Morgan fingerprint density at radius 2 is 2.00 bits per heavy atom. The second-order valence-corrected chi connectivity index (χ2v) is 6.82. The summed E-state index contributed by atoms with van der Waals surface area (Å²) in [5.74, 6) is 1.22. The summed E-state index contributed by atoms with van der Waals surface area (Å²) in [6.07, 6.45) is 0.220. The first kappa shape index (κ1) is 17.4. The van der Waals surface area contributed by atoms with Gasteiger partial charge in [-0.2, -0.15) is 0 Å². The standard InChI is InChI=1S/C19H19FN2O2S/c1-12-4-9-17(24-12)19-21-16(11-25-19)10-18(23)22(3)13(2)14-5-7-15(20)8-6-14/h4-9,11,13H,10H2,1-3H3/t13-/m1/s1. The van der Waals surface area contributed by atoms with Crippen molar-refractivity contribution >= 4 is 17.2 Å². The van der Waals surface area contributed by atoms with Crippen molar-refractivity contribution in [3.8, 4) is 10.8 Å². The van der Waals surface area contributed by atoms with E-state index in [0.29, 0.717) is 5.76 Å². The first-order valence-electron chi connectivity index (χ1n) is 7.96. The average Bonchev–Trinajstić information content (AvgIpc) is 3.23. The van der Waals surface area contributed by atoms with Crippen molar-refractivity contribution in [3.05, 3.63) is 64.6 Å². The number of rotatable bonds is 5. The van der Waals surface area contributed by atoms with E-state index >= 15 is 0 Å². The van der Waals surface area contributed by atoms with Gasteiger partial charge in [-0.1, -0.05) is 12.1 Å². The Bertz CT molecular complexity index is 870. The smallest absolute Gasteiger partial charge is 0.228 e. The molecule has 3 aromatic rings. The van der Waals surface area contributed by atoms with Crippen molar-refractivity contribution in [2.75, 3.05) is 7.05 Å². The summed E-state index contributed by atoms with van der Waals surface area (Å²) < 4.78 is 18.6. The maximum atomic E-state index is 13.0. The molecule has 0 spiro atoms. The van der Waals surface area contributed by atoms with Gasteiger partial charge in [-0.15, -0.1) is 11.3 Å². The van der Waals surface area contributed by atoms with Crippen molar-refractivity contribution < 1.29 is 13.6 Å². The van der Waals surface area contributed by atoms with Crippen molar-refractivity contribution in [2.45, 2.75) is 26.3 Å². The predicted molar refractivity (Wildman–Crippen MR) is 95.8 cm³/mol. The molecule has 1 amide bonds. The molecule has 0 N–H and O–H groups in total. The molecule has 1 atom stereocenters. The molecule has 1 aromatic carbocycles. The van der Waals surface area contributed by atoms with Crippen LogP contribution in [0.2, 0.25) is 0 Å². The van der Waals surface area contributed by atoms with Crippen LogP contribution in [-0.2, 0) is 11.2 Å². The normalized spacial score (nSPS) is 12.2. The van der Waals surface area contributed by atoms with E-state index in [1.807, 2.05) is 31.4 Å². The van der Waals surface area contributed by atoms with E-state index in [0.717, 1.165) is 22.0 Å². The Labute approximate surface area is 149 Å². The van der Waals surface area contributed by atoms with Crippen LogP contribution in [0.25, 0.3) is 10.8 Å². The Morgan fingerprint density at radius 3 is 2.64 bits per heavy atom. The molecule has 3 rings (SSSR count). The zero-order valence-electron chi connectivity index (χ0n) is 14.3. The van der Waals surface area contributed by atoms with E-state index in [1.54, 1.807) is 24.1 Å². The SMILES string of the molecule is Cc1ccc(-c2nc(CC(=O)N(C)[C@H](C)c3ccc(F)cc3)cs2)o1. The number of amides is 1. The number of thiazole rings is 1. The van der Waals surface area contributed by atoms with E-state index in [-0.39, 0.29) is 24.2 Å². The molecule has 0 aliphatic rings. The van der Waals surface area contributed by atoms with Gasteiger partial charge in [0.1, 0.15) is 11.6 Å². The molecule has 0 saturated heterocycles. The van der Waals surface area contributed by atoms with E-state index in [2.05, 4.69) is 4.98 Å². The molecule has 2 aromatic heterocycles. The van der Waals surface area contributed by atoms with E-state index in [1.165, 1.54) is 23.5 Å². The summed E-state index contributed by atoms with van der Waals surface area (Å²) in [4.78, 5) is 18.7. The number of hydrogen-bond donors (Lipinski definition) is 0. The summed E-state index contributed by atoms with van der Waals surface area (Å²) in [7, 11) is 1.75. The zero-order chi connectivity index (χ0) is 18.0. The van der Waals surface area contributed by atoms with E-state index < -0.39 is 0 Å². The minimum absolute atomic E-state index is 0.0377. The molecule has 0 unspecified atom stereocenters. The first-order valence-corrected chi connectivity index (χ1v) is 8.84. The van der Waals surface area contributed by atoms with Crippen molar-refractivity contribution in [1.29, 1.82) is 0 Å². The summed E-state index contributed by atoms with van der Waals surface area (Å²) in [5, 5.41) is 2.65. The second kappa shape index (κ2) is 7.19. The van der Waals surface area contributed by atoms with Gasteiger partial charge in [0.25, 0.3) is 0 Å². The summed E-state index contributed by atoms with van der Waals surface area (Å²) in [5.41, 5.74) is 1.61.